The number of amides is 1. The molecule has 7 heteroatoms. The molecule has 0 saturated heterocycles. The van der Waals surface area contributed by atoms with Crippen molar-refractivity contribution in [2.75, 3.05) is 13.2 Å². The molecule has 39 heavy (non-hydrogen) atoms. The van der Waals surface area contributed by atoms with Gasteiger partial charge in [0.1, 0.15) is 0 Å². The Labute approximate surface area is 254 Å². The van der Waals surface area contributed by atoms with Crippen LogP contribution < -0.4 is 15.9 Å². The molecule has 1 aromatic rings. The average Bonchev–Trinajstić information content (AvgIpc) is 2.86. The third kappa shape index (κ3) is 5.41. The van der Waals surface area contributed by atoms with Crippen LogP contribution in [0.4, 0.5) is 0 Å². The topological polar surface area (TPSA) is 58.6 Å². The Morgan fingerprint density at radius 2 is 1.85 bits per heavy atom. The minimum atomic E-state index is -0.662. The van der Waals surface area contributed by atoms with Crippen molar-refractivity contribution in [3.63, 3.8) is 0 Å². The van der Waals surface area contributed by atoms with Crippen LogP contribution in [-0.4, -0.2) is 39.3 Å². The molecule has 0 aliphatic heterocycles. The number of fused-ring (bicyclic) bond motifs is 5. The van der Waals surface area contributed by atoms with Crippen LogP contribution in [0.1, 0.15) is 102 Å². The minimum absolute atomic E-state index is 0.0520. The van der Waals surface area contributed by atoms with Crippen molar-refractivity contribution in [3.8, 4) is 0 Å². The number of carbonyl (C=O) groups is 1. The van der Waals surface area contributed by atoms with Gasteiger partial charge in [0.25, 0.3) is 5.91 Å². The van der Waals surface area contributed by atoms with Crippen LogP contribution in [0.2, 0.25) is 0 Å². The highest BCUT2D eigenvalue weighted by atomic mass is 127. The Balaban J connectivity index is 1.34. The molecule has 4 fully saturated rings. The maximum Gasteiger partial charge on any atom is 0.252 e. The maximum atomic E-state index is 13.4. The smallest absolute Gasteiger partial charge is 0.252 e. The van der Waals surface area contributed by atoms with Crippen molar-refractivity contribution in [1.82, 2.24) is 5.32 Å². The molecule has 5 rings (SSSR count). The van der Waals surface area contributed by atoms with Gasteiger partial charge >= 0.3 is 0 Å². The summed E-state index contributed by atoms with van der Waals surface area (Å²) in [5.74, 6) is 2.72. The van der Waals surface area contributed by atoms with Gasteiger partial charge in [-0.2, -0.15) is 0 Å². The summed E-state index contributed by atoms with van der Waals surface area (Å²) in [5, 5.41) is 16.9. The molecule has 0 heterocycles. The molecular formula is C32H50INO3P2. The first-order chi connectivity index (χ1) is 18.4. The van der Waals surface area contributed by atoms with Crippen molar-refractivity contribution in [3.05, 3.63) is 23.8 Å². The Kier molecular flexibility index (Phi) is 8.93. The molecule has 0 radical (unpaired) electrons. The lowest BCUT2D eigenvalue weighted by molar-refractivity contribution is -0.178. The van der Waals surface area contributed by atoms with Crippen molar-refractivity contribution in [1.29, 1.82) is 0 Å². The molecule has 0 spiro atoms. The third-order valence-corrected chi connectivity index (χ3v) is 14.7. The van der Waals surface area contributed by atoms with Crippen LogP contribution in [-0.2, 0) is 4.74 Å². The van der Waals surface area contributed by atoms with Gasteiger partial charge in [-0.3, -0.25) is 4.79 Å². The maximum absolute atomic E-state index is 13.4. The van der Waals surface area contributed by atoms with E-state index in [1.165, 1.54) is 44.9 Å². The van der Waals surface area contributed by atoms with Gasteiger partial charge in [-0.05, 0) is 129 Å². The molecule has 0 bridgehead atoms. The SMILES string of the molecule is CCOC[C@@]1(O)CC[C@@H]2C3CC[C@]4(C)C([C@@H](C)NC(=O)c5ccc(P)cc5P)CCC[C@@]4(C)[C@@H]3CC[C@]2(I)C1. The van der Waals surface area contributed by atoms with Gasteiger partial charge in [-0.15, -0.1) is 18.5 Å². The fraction of sp³-hybridized carbons (Fsp3) is 0.781. The fourth-order valence-corrected chi connectivity index (χ4v) is 12.7. The Bertz CT molecular complexity index is 1090. The van der Waals surface area contributed by atoms with E-state index in [4.69, 9.17) is 4.74 Å². The largest absolute Gasteiger partial charge is 0.387 e. The highest BCUT2D eigenvalue weighted by Gasteiger charge is 2.64. The van der Waals surface area contributed by atoms with Crippen LogP contribution in [0.15, 0.2) is 18.2 Å². The van der Waals surface area contributed by atoms with Crippen LogP contribution >= 0.6 is 41.1 Å². The van der Waals surface area contributed by atoms with Crippen molar-refractivity contribution in [2.24, 2.45) is 34.5 Å². The number of nitrogens with one attached hydrogen (secondary N) is 1. The summed E-state index contributed by atoms with van der Waals surface area (Å²) in [4.78, 5) is 13.4. The average molecular weight is 686 g/mol. The summed E-state index contributed by atoms with van der Waals surface area (Å²) in [5.41, 5.74) is 0.617. The summed E-state index contributed by atoms with van der Waals surface area (Å²) in [6.07, 6.45) is 11.7. The van der Waals surface area contributed by atoms with E-state index in [0.29, 0.717) is 30.5 Å². The zero-order valence-corrected chi connectivity index (χ0v) is 28.9. The lowest BCUT2D eigenvalue weighted by atomic mass is 9.38. The predicted molar refractivity (Wildman–Crippen MR) is 177 cm³/mol. The van der Waals surface area contributed by atoms with Gasteiger partial charge in [-0.1, -0.05) is 48.9 Å². The highest BCUT2D eigenvalue weighted by Crippen LogP contribution is 2.71. The minimum Gasteiger partial charge on any atom is -0.387 e. The lowest BCUT2D eigenvalue weighted by Crippen LogP contribution is -2.64. The van der Waals surface area contributed by atoms with E-state index in [0.717, 1.165) is 47.3 Å². The molecule has 1 amide bonds. The third-order valence-electron chi connectivity index (χ3n) is 12.1. The summed E-state index contributed by atoms with van der Waals surface area (Å²) in [6.45, 7) is 10.6. The molecule has 0 aromatic heterocycles. The van der Waals surface area contributed by atoms with Gasteiger partial charge in [-0.25, -0.2) is 0 Å². The van der Waals surface area contributed by atoms with Crippen LogP contribution in [0.3, 0.4) is 0 Å². The lowest BCUT2D eigenvalue weighted by Gasteiger charge is -2.68. The number of alkyl halides is 1. The standard InChI is InChI=1S/C32H50INO3P2/c1-5-37-19-31(36)15-11-26-22-10-14-30(4)24(20(2)34-28(35)23-9-8-21(38)17-27(23)39)7-6-13-29(30,3)25(22)12-16-32(26,33)18-31/h8-9,17,20,22,24-26,36H,5-7,10-16,18-19,38-39H2,1-4H3,(H,34,35)/t20-,22?,24?,25-,26-,29+,30-,31-,32+/m1/s1. The molecule has 11 atom stereocenters. The number of benzene rings is 1. The summed E-state index contributed by atoms with van der Waals surface area (Å²) in [7, 11) is 5.44. The predicted octanol–water partition coefficient (Wildman–Crippen LogP) is 6.18. The molecule has 4 nitrogen and oxygen atoms in total. The zero-order valence-electron chi connectivity index (χ0n) is 24.4. The second kappa shape index (κ2) is 11.4. The number of aliphatic hydroxyl groups is 1. The Hall–Kier alpha value is 0.200. The molecule has 4 aliphatic carbocycles. The van der Waals surface area contributed by atoms with Crippen molar-refractivity contribution < 1.29 is 14.6 Å². The van der Waals surface area contributed by atoms with Gasteiger partial charge in [0.05, 0.1) is 12.2 Å². The number of rotatable bonds is 6. The van der Waals surface area contributed by atoms with Gasteiger partial charge in [0, 0.05) is 21.6 Å². The molecule has 218 valence electrons. The first-order valence-electron chi connectivity index (χ1n) is 15.3. The zero-order chi connectivity index (χ0) is 28.2. The molecule has 4 saturated carbocycles. The first-order valence-corrected chi connectivity index (χ1v) is 17.5. The van der Waals surface area contributed by atoms with Gasteiger partial charge in [0.2, 0.25) is 0 Å². The van der Waals surface area contributed by atoms with E-state index >= 15 is 0 Å². The van der Waals surface area contributed by atoms with E-state index in [1.54, 1.807) is 0 Å². The van der Waals surface area contributed by atoms with Crippen molar-refractivity contribution in [2.45, 2.75) is 107 Å². The van der Waals surface area contributed by atoms with E-state index in [2.05, 4.69) is 67.2 Å². The van der Waals surface area contributed by atoms with Crippen LogP contribution in [0.25, 0.3) is 0 Å². The number of hydrogen-bond donors (Lipinski definition) is 2. The van der Waals surface area contributed by atoms with Gasteiger partial charge < -0.3 is 15.2 Å². The van der Waals surface area contributed by atoms with Crippen LogP contribution in [0, 0.1) is 34.5 Å². The van der Waals surface area contributed by atoms with Gasteiger partial charge in [0.15, 0.2) is 0 Å². The fourth-order valence-electron chi connectivity index (χ4n) is 10.1. The molecular weight excluding hydrogens is 635 g/mol. The molecule has 1 aromatic carbocycles. The molecule has 2 N–H and O–H groups in total. The summed E-state index contributed by atoms with van der Waals surface area (Å²) in [6, 6.07) is 6.13. The Morgan fingerprint density at radius 1 is 1.10 bits per heavy atom. The second-order valence-corrected chi connectivity index (χ2v) is 17.4. The normalized spacial score (nSPS) is 42.6. The summed E-state index contributed by atoms with van der Waals surface area (Å²) >= 11 is 2.76. The van der Waals surface area contributed by atoms with E-state index in [9.17, 15) is 9.90 Å². The number of halogens is 1. The van der Waals surface area contributed by atoms with E-state index in [-0.39, 0.29) is 20.8 Å². The second-order valence-electron chi connectivity index (χ2n) is 14.0. The van der Waals surface area contributed by atoms with Crippen LogP contribution in [0.5, 0.6) is 0 Å². The molecule has 4 unspecified atom stereocenters. The summed E-state index contributed by atoms with van der Waals surface area (Å²) < 4.78 is 5.91. The van der Waals surface area contributed by atoms with Crippen molar-refractivity contribution >= 4 is 57.6 Å². The highest BCUT2D eigenvalue weighted by molar-refractivity contribution is 14.1. The van der Waals surface area contributed by atoms with E-state index in [1.807, 2.05) is 25.1 Å². The first kappa shape index (κ1) is 30.7. The monoisotopic (exact) mass is 685 g/mol. The number of ether oxygens (including phenoxy) is 1. The van der Waals surface area contributed by atoms with E-state index < -0.39 is 5.60 Å². The number of carbonyl (C=O) groups excluding carboxylic acids is 1. The molecule has 4 aliphatic rings. The quantitative estimate of drug-likeness (QED) is 0.214. The Morgan fingerprint density at radius 3 is 2.56 bits per heavy atom. The number of hydrogen-bond acceptors (Lipinski definition) is 3.